The van der Waals surface area contributed by atoms with Gasteiger partial charge in [-0.05, 0) is 33.6 Å². The first kappa shape index (κ1) is 22.1. The molecule has 0 spiro atoms. The maximum atomic E-state index is 13.1. The van der Waals surface area contributed by atoms with Crippen LogP contribution in [0.15, 0.2) is 0 Å². The van der Waals surface area contributed by atoms with Crippen molar-refractivity contribution in [2.45, 2.75) is 56.8 Å². The summed E-state index contributed by atoms with van der Waals surface area (Å²) in [6, 6.07) is 0. The number of carbonyl (C=O) groups excluding carboxylic acids is 1. The van der Waals surface area contributed by atoms with E-state index in [0.29, 0.717) is 0 Å². The van der Waals surface area contributed by atoms with Gasteiger partial charge in [-0.1, -0.05) is 0 Å². The van der Waals surface area contributed by atoms with E-state index in [4.69, 9.17) is 14.0 Å². The van der Waals surface area contributed by atoms with Gasteiger partial charge < -0.3 is 9.47 Å². The molecule has 138 valence electrons. The molecule has 23 heavy (non-hydrogen) atoms. The highest BCUT2D eigenvalue weighted by Gasteiger charge is 2.64. The standard InChI is InChI=1S/C12H20F4O6S/c1-10(2,3)22-9(17)8-21-7-5-4-6-11(13,14)12(15,16)23(18,19)20/h4-8H2,1-3H3,(H,18,19,20). The SMILES string of the molecule is CC(C)(C)OC(=O)COCCCCC(F)(F)C(F)(F)S(=O)(=O)O. The van der Waals surface area contributed by atoms with E-state index in [1.54, 1.807) is 20.8 Å². The highest BCUT2D eigenvalue weighted by molar-refractivity contribution is 7.87. The average Bonchev–Trinajstić information content (AvgIpc) is 2.29. The van der Waals surface area contributed by atoms with Gasteiger partial charge in [-0.25, -0.2) is 4.79 Å². The van der Waals surface area contributed by atoms with Crippen LogP contribution >= 0.6 is 0 Å². The van der Waals surface area contributed by atoms with E-state index < -0.39 is 52.3 Å². The molecule has 0 saturated heterocycles. The van der Waals surface area contributed by atoms with Crippen LogP contribution in [0.4, 0.5) is 17.6 Å². The fourth-order valence-electron chi connectivity index (χ4n) is 1.41. The summed E-state index contributed by atoms with van der Waals surface area (Å²) in [6.07, 6.45) is -2.07. The van der Waals surface area contributed by atoms with E-state index in [0.717, 1.165) is 0 Å². The van der Waals surface area contributed by atoms with Gasteiger partial charge in [0.1, 0.15) is 12.2 Å². The Labute approximate surface area is 131 Å². The summed E-state index contributed by atoms with van der Waals surface area (Å²) in [7, 11) is -6.21. The molecule has 0 amide bonds. The van der Waals surface area contributed by atoms with Crippen molar-refractivity contribution in [2.24, 2.45) is 0 Å². The van der Waals surface area contributed by atoms with Gasteiger partial charge in [0.25, 0.3) is 0 Å². The lowest BCUT2D eigenvalue weighted by Gasteiger charge is -2.23. The zero-order chi connectivity index (χ0) is 18.5. The average molecular weight is 368 g/mol. The number of hydrogen-bond donors (Lipinski definition) is 1. The Balaban J connectivity index is 4.12. The van der Waals surface area contributed by atoms with Crippen molar-refractivity contribution in [3.05, 3.63) is 0 Å². The van der Waals surface area contributed by atoms with Crippen molar-refractivity contribution >= 4 is 16.1 Å². The van der Waals surface area contributed by atoms with Crippen molar-refractivity contribution in [1.29, 1.82) is 0 Å². The van der Waals surface area contributed by atoms with Crippen LogP contribution < -0.4 is 0 Å². The van der Waals surface area contributed by atoms with Crippen LogP contribution in [0.1, 0.15) is 40.0 Å². The minimum Gasteiger partial charge on any atom is -0.458 e. The van der Waals surface area contributed by atoms with Crippen LogP contribution in [0.5, 0.6) is 0 Å². The van der Waals surface area contributed by atoms with Crippen LogP contribution in [-0.2, 0) is 24.4 Å². The van der Waals surface area contributed by atoms with Crippen molar-refractivity contribution < 1.29 is 44.8 Å². The van der Waals surface area contributed by atoms with Gasteiger partial charge in [-0.2, -0.15) is 26.0 Å². The first-order valence-electron chi connectivity index (χ1n) is 6.62. The summed E-state index contributed by atoms with van der Waals surface area (Å²) >= 11 is 0. The molecule has 0 aromatic rings. The van der Waals surface area contributed by atoms with Crippen LogP contribution in [0.2, 0.25) is 0 Å². The molecule has 0 aliphatic rings. The maximum absolute atomic E-state index is 13.1. The number of alkyl halides is 4. The normalized spacial score (nSPS) is 13.9. The molecule has 1 N–H and O–H groups in total. The second kappa shape index (κ2) is 7.75. The highest BCUT2D eigenvalue weighted by Crippen LogP contribution is 2.41. The Hall–Kier alpha value is -0.940. The molecule has 0 saturated carbocycles. The van der Waals surface area contributed by atoms with Gasteiger partial charge in [0.05, 0.1) is 0 Å². The van der Waals surface area contributed by atoms with Crippen LogP contribution in [-0.4, -0.2) is 48.9 Å². The second-order valence-electron chi connectivity index (χ2n) is 5.79. The first-order valence-corrected chi connectivity index (χ1v) is 8.06. The summed E-state index contributed by atoms with van der Waals surface area (Å²) < 4.78 is 90.4. The molecule has 0 atom stereocenters. The molecular formula is C12H20F4O6S. The molecule has 0 fully saturated rings. The number of esters is 1. The molecule has 0 heterocycles. The summed E-state index contributed by atoms with van der Waals surface area (Å²) in [5.41, 5.74) is -0.704. The number of carbonyl (C=O) groups is 1. The Kier molecular flexibility index (Phi) is 7.44. The molecule has 0 unspecified atom stereocenters. The minimum atomic E-state index is -6.21. The van der Waals surface area contributed by atoms with E-state index in [2.05, 4.69) is 0 Å². The molecule has 11 heteroatoms. The van der Waals surface area contributed by atoms with Gasteiger partial charge in [-0.15, -0.1) is 0 Å². The quantitative estimate of drug-likeness (QED) is 0.291. The molecule has 0 aliphatic heterocycles. The Morgan fingerprint density at radius 1 is 1.09 bits per heavy atom. The topological polar surface area (TPSA) is 89.9 Å². The predicted molar refractivity (Wildman–Crippen MR) is 72.0 cm³/mol. The zero-order valence-electron chi connectivity index (χ0n) is 12.9. The molecule has 0 radical (unpaired) electrons. The molecule has 6 nitrogen and oxygen atoms in total. The molecule has 0 rings (SSSR count). The van der Waals surface area contributed by atoms with Crippen LogP contribution in [0.3, 0.4) is 0 Å². The number of rotatable bonds is 9. The predicted octanol–water partition coefficient (Wildman–Crippen LogP) is 2.63. The monoisotopic (exact) mass is 368 g/mol. The zero-order valence-corrected chi connectivity index (χ0v) is 13.8. The van der Waals surface area contributed by atoms with Gasteiger partial charge in [0.15, 0.2) is 0 Å². The lowest BCUT2D eigenvalue weighted by molar-refractivity contribution is -0.165. The van der Waals surface area contributed by atoms with E-state index in [1.807, 2.05) is 0 Å². The third kappa shape index (κ3) is 7.44. The van der Waals surface area contributed by atoms with E-state index in [9.17, 15) is 30.8 Å². The van der Waals surface area contributed by atoms with Crippen molar-refractivity contribution in [3.63, 3.8) is 0 Å². The van der Waals surface area contributed by atoms with Crippen LogP contribution in [0.25, 0.3) is 0 Å². The Morgan fingerprint density at radius 3 is 2.04 bits per heavy atom. The highest BCUT2D eigenvalue weighted by atomic mass is 32.2. The maximum Gasteiger partial charge on any atom is 0.431 e. The summed E-state index contributed by atoms with van der Waals surface area (Å²) in [5.74, 6) is -5.58. The van der Waals surface area contributed by atoms with Gasteiger partial charge in [-0.3, -0.25) is 4.55 Å². The smallest absolute Gasteiger partial charge is 0.431 e. The van der Waals surface area contributed by atoms with Crippen molar-refractivity contribution in [1.82, 2.24) is 0 Å². The van der Waals surface area contributed by atoms with Gasteiger partial charge >= 0.3 is 27.3 Å². The Bertz CT molecular complexity index is 498. The molecule has 0 bridgehead atoms. The van der Waals surface area contributed by atoms with Crippen molar-refractivity contribution in [2.75, 3.05) is 13.2 Å². The minimum absolute atomic E-state index is 0.111. The van der Waals surface area contributed by atoms with Gasteiger partial charge in [0.2, 0.25) is 0 Å². The number of unbranched alkanes of at least 4 members (excludes halogenated alkanes) is 1. The first-order chi connectivity index (χ1) is 10.1. The third-order valence-electron chi connectivity index (χ3n) is 2.42. The second-order valence-corrected chi connectivity index (χ2v) is 7.26. The van der Waals surface area contributed by atoms with E-state index in [1.165, 1.54) is 0 Å². The number of ether oxygens (including phenoxy) is 2. The fraction of sp³-hybridized carbons (Fsp3) is 0.917. The molecule has 0 aromatic carbocycles. The fourth-order valence-corrected chi connectivity index (χ4v) is 1.89. The lowest BCUT2D eigenvalue weighted by Crippen LogP contribution is -2.46. The summed E-state index contributed by atoms with van der Waals surface area (Å²) in [5, 5.41) is -5.56. The number of halogens is 4. The van der Waals surface area contributed by atoms with E-state index in [-0.39, 0.29) is 13.0 Å². The molecular weight excluding hydrogens is 348 g/mol. The summed E-state index contributed by atoms with van der Waals surface area (Å²) in [4.78, 5) is 11.2. The van der Waals surface area contributed by atoms with E-state index >= 15 is 0 Å². The number of hydrogen-bond acceptors (Lipinski definition) is 5. The van der Waals surface area contributed by atoms with Gasteiger partial charge in [0, 0.05) is 13.0 Å². The third-order valence-corrected chi connectivity index (χ3v) is 3.37. The van der Waals surface area contributed by atoms with Crippen LogP contribution in [0, 0.1) is 0 Å². The Morgan fingerprint density at radius 2 is 1.61 bits per heavy atom. The molecule has 0 aliphatic carbocycles. The molecule has 0 aromatic heterocycles. The van der Waals surface area contributed by atoms with Crippen molar-refractivity contribution in [3.8, 4) is 0 Å². The summed E-state index contributed by atoms with van der Waals surface area (Å²) in [6.45, 7) is 4.33. The largest absolute Gasteiger partial charge is 0.458 e. The lowest BCUT2D eigenvalue weighted by atomic mass is 10.1.